The van der Waals surface area contributed by atoms with E-state index in [-0.39, 0.29) is 17.8 Å². The number of carbonyl (C=O) groups is 1. The Bertz CT molecular complexity index is 952. The number of nitrogens with zero attached hydrogens (tertiary/aromatic N) is 3. The number of piperidine rings is 3. The van der Waals surface area contributed by atoms with Crippen LogP contribution in [0.15, 0.2) is 42.5 Å². The minimum atomic E-state index is -0.206. The van der Waals surface area contributed by atoms with Crippen LogP contribution in [0.3, 0.4) is 0 Å². The Morgan fingerprint density at radius 3 is 2.84 bits per heavy atom. The van der Waals surface area contributed by atoms with E-state index in [0.29, 0.717) is 30.2 Å². The third kappa shape index (κ3) is 4.18. The van der Waals surface area contributed by atoms with Crippen LogP contribution in [0.1, 0.15) is 36.9 Å². The maximum absolute atomic E-state index is 13.8. The van der Waals surface area contributed by atoms with Crippen molar-refractivity contribution in [1.82, 2.24) is 14.8 Å². The molecule has 4 atom stereocenters. The monoisotopic (exact) mass is 423 g/mol. The van der Waals surface area contributed by atoms with Crippen molar-refractivity contribution in [3.8, 4) is 5.88 Å². The van der Waals surface area contributed by atoms with Gasteiger partial charge in [0.2, 0.25) is 11.8 Å². The van der Waals surface area contributed by atoms with E-state index in [1.807, 2.05) is 24.3 Å². The second-order valence-electron chi connectivity index (χ2n) is 9.28. The predicted molar refractivity (Wildman–Crippen MR) is 116 cm³/mol. The van der Waals surface area contributed by atoms with Crippen LogP contribution in [0.2, 0.25) is 0 Å². The van der Waals surface area contributed by atoms with Gasteiger partial charge < -0.3 is 9.64 Å². The first-order valence-electron chi connectivity index (χ1n) is 11.4. The molecule has 2 aromatic rings. The SMILES string of the molecule is COc1cccc(CN2C[C@H]3C[C@@H](C2)[C@H](Cc2cccc(F)c2)N2C(=O)CCC[C@@H]32)n1. The predicted octanol–water partition coefficient (Wildman–Crippen LogP) is 3.67. The van der Waals surface area contributed by atoms with Gasteiger partial charge in [-0.2, -0.15) is 0 Å². The molecule has 0 aliphatic carbocycles. The van der Waals surface area contributed by atoms with Gasteiger partial charge in [-0.25, -0.2) is 9.37 Å². The minimum Gasteiger partial charge on any atom is -0.481 e. The smallest absolute Gasteiger partial charge is 0.223 e. The first-order valence-corrected chi connectivity index (χ1v) is 11.4. The van der Waals surface area contributed by atoms with E-state index in [9.17, 15) is 9.18 Å². The molecule has 5 rings (SSSR count). The fraction of sp³-hybridized carbons (Fsp3) is 0.520. The zero-order chi connectivity index (χ0) is 21.4. The van der Waals surface area contributed by atoms with E-state index < -0.39 is 0 Å². The van der Waals surface area contributed by atoms with Gasteiger partial charge in [0.1, 0.15) is 5.82 Å². The molecule has 0 radical (unpaired) electrons. The maximum atomic E-state index is 13.8. The Morgan fingerprint density at radius 2 is 2.00 bits per heavy atom. The van der Waals surface area contributed by atoms with Crippen LogP contribution in [0.5, 0.6) is 5.88 Å². The van der Waals surface area contributed by atoms with E-state index in [0.717, 1.165) is 56.6 Å². The number of amides is 1. The zero-order valence-electron chi connectivity index (χ0n) is 18.0. The summed E-state index contributed by atoms with van der Waals surface area (Å²) in [6, 6.07) is 13.2. The van der Waals surface area contributed by atoms with E-state index in [1.54, 1.807) is 19.2 Å². The third-order valence-corrected chi connectivity index (χ3v) is 7.28. The Kier molecular flexibility index (Phi) is 5.65. The number of pyridine rings is 1. The second kappa shape index (κ2) is 8.58. The minimum absolute atomic E-state index is 0.136. The molecular formula is C25H30FN3O2. The van der Waals surface area contributed by atoms with Crippen molar-refractivity contribution in [1.29, 1.82) is 0 Å². The molecule has 3 fully saturated rings. The van der Waals surface area contributed by atoms with E-state index in [1.165, 1.54) is 6.07 Å². The number of benzene rings is 1. The summed E-state index contributed by atoms with van der Waals surface area (Å²) in [6.07, 6.45) is 4.57. The molecule has 3 aliphatic heterocycles. The topological polar surface area (TPSA) is 45.7 Å². The van der Waals surface area contributed by atoms with Gasteiger partial charge in [-0.3, -0.25) is 9.69 Å². The quantitative estimate of drug-likeness (QED) is 0.736. The van der Waals surface area contributed by atoms with Gasteiger partial charge in [0.15, 0.2) is 0 Å². The van der Waals surface area contributed by atoms with Crippen LogP contribution in [-0.4, -0.2) is 53.0 Å². The van der Waals surface area contributed by atoms with E-state index in [2.05, 4.69) is 14.8 Å². The number of rotatable bonds is 5. The number of aromatic nitrogens is 1. The molecule has 3 saturated heterocycles. The van der Waals surface area contributed by atoms with E-state index in [4.69, 9.17) is 4.74 Å². The lowest BCUT2D eigenvalue weighted by Crippen LogP contribution is -2.65. The fourth-order valence-corrected chi connectivity index (χ4v) is 6.06. The number of fused-ring (bicyclic) bond motifs is 4. The first-order chi connectivity index (χ1) is 15.1. The molecule has 6 heteroatoms. The molecule has 0 spiro atoms. The van der Waals surface area contributed by atoms with Crippen molar-refractivity contribution < 1.29 is 13.9 Å². The Labute approximate surface area is 183 Å². The molecule has 31 heavy (non-hydrogen) atoms. The molecule has 0 unspecified atom stereocenters. The normalized spacial score (nSPS) is 28.3. The van der Waals surface area contributed by atoms with Crippen LogP contribution in [0.25, 0.3) is 0 Å². The largest absolute Gasteiger partial charge is 0.481 e. The standard InChI is InChI=1S/C25H30FN3O2/c1-31-24-9-3-7-21(27-24)16-28-14-18-13-19(15-28)23(12-17-5-2-6-20(26)11-17)29-22(18)8-4-10-25(29)30/h2-3,5-7,9,11,18-19,22-23H,4,8,10,12-16H2,1H3/t18-,19+,22+,23+/m1/s1. The lowest BCUT2D eigenvalue weighted by Gasteiger charge is -2.56. The third-order valence-electron chi connectivity index (χ3n) is 7.28. The van der Waals surface area contributed by atoms with Gasteiger partial charge in [0.05, 0.1) is 12.8 Å². The first kappa shape index (κ1) is 20.4. The highest BCUT2D eigenvalue weighted by molar-refractivity contribution is 5.78. The van der Waals surface area contributed by atoms with Crippen molar-refractivity contribution in [3.63, 3.8) is 0 Å². The number of hydrogen-bond acceptors (Lipinski definition) is 4. The Balaban J connectivity index is 1.40. The summed E-state index contributed by atoms with van der Waals surface area (Å²) in [5.74, 6) is 1.61. The fourth-order valence-electron chi connectivity index (χ4n) is 6.06. The molecule has 164 valence electrons. The molecule has 1 amide bonds. The Hall–Kier alpha value is -2.47. The molecule has 2 bridgehead atoms. The summed E-state index contributed by atoms with van der Waals surface area (Å²) in [7, 11) is 1.64. The number of halogens is 1. The molecule has 1 aromatic carbocycles. The van der Waals surface area contributed by atoms with Gasteiger partial charge in [-0.15, -0.1) is 0 Å². The molecule has 1 aromatic heterocycles. The summed E-state index contributed by atoms with van der Waals surface area (Å²) in [6.45, 7) is 2.72. The lowest BCUT2D eigenvalue weighted by atomic mass is 9.70. The summed E-state index contributed by atoms with van der Waals surface area (Å²) < 4.78 is 19.1. The average molecular weight is 424 g/mol. The average Bonchev–Trinajstić information content (AvgIpc) is 2.77. The van der Waals surface area contributed by atoms with Gasteiger partial charge in [0, 0.05) is 44.2 Å². The maximum Gasteiger partial charge on any atom is 0.223 e. The number of hydrogen-bond donors (Lipinski definition) is 0. The highest BCUT2D eigenvalue weighted by Crippen LogP contribution is 2.42. The van der Waals surface area contributed by atoms with Gasteiger partial charge in [-0.1, -0.05) is 18.2 Å². The van der Waals surface area contributed by atoms with Crippen molar-refractivity contribution in [3.05, 3.63) is 59.5 Å². The van der Waals surface area contributed by atoms with Crippen molar-refractivity contribution in [2.75, 3.05) is 20.2 Å². The van der Waals surface area contributed by atoms with Crippen LogP contribution in [0.4, 0.5) is 4.39 Å². The van der Waals surface area contributed by atoms with Gasteiger partial charge >= 0.3 is 0 Å². The van der Waals surface area contributed by atoms with Crippen LogP contribution < -0.4 is 4.74 Å². The molecule has 5 nitrogen and oxygen atoms in total. The number of likely N-dealkylation sites (tertiary alicyclic amines) is 1. The van der Waals surface area contributed by atoms with Crippen LogP contribution >= 0.6 is 0 Å². The highest BCUT2D eigenvalue weighted by Gasteiger charge is 2.49. The Morgan fingerprint density at radius 1 is 1.16 bits per heavy atom. The summed E-state index contributed by atoms with van der Waals surface area (Å²) in [5, 5.41) is 0. The highest BCUT2D eigenvalue weighted by atomic mass is 19.1. The van der Waals surface area contributed by atoms with Crippen LogP contribution in [-0.2, 0) is 17.8 Å². The lowest BCUT2D eigenvalue weighted by molar-refractivity contribution is -0.152. The van der Waals surface area contributed by atoms with Crippen molar-refractivity contribution in [2.24, 2.45) is 11.8 Å². The molecule has 0 N–H and O–H groups in total. The van der Waals surface area contributed by atoms with Crippen LogP contribution in [0, 0.1) is 17.7 Å². The summed E-state index contributed by atoms with van der Waals surface area (Å²) in [5.41, 5.74) is 1.99. The molecule has 3 aliphatic rings. The van der Waals surface area contributed by atoms with Gasteiger partial charge in [0.25, 0.3) is 0 Å². The molecular weight excluding hydrogens is 393 g/mol. The summed E-state index contributed by atoms with van der Waals surface area (Å²) in [4.78, 5) is 22.3. The van der Waals surface area contributed by atoms with Gasteiger partial charge in [-0.05, 0) is 61.3 Å². The number of carbonyl (C=O) groups excluding carboxylic acids is 1. The number of methoxy groups -OCH3 is 1. The number of ether oxygens (including phenoxy) is 1. The molecule has 0 saturated carbocycles. The van der Waals surface area contributed by atoms with E-state index >= 15 is 0 Å². The zero-order valence-corrected chi connectivity index (χ0v) is 18.0. The van der Waals surface area contributed by atoms with Crippen molar-refractivity contribution in [2.45, 2.75) is 50.7 Å². The summed E-state index contributed by atoms with van der Waals surface area (Å²) >= 11 is 0. The molecule has 4 heterocycles. The van der Waals surface area contributed by atoms with Crippen molar-refractivity contribution >= 4 is 5.91 Å². The second-order valence-corrected chi connectivity index (χ2v) is 9.28.